The summed E-state index contributed by atoms with van der Waals surface area (Å²) in [5, 5.41) is 12.9. The van der Waals surface area contributed by atoms with Crippen molar-refractivity contribution in [1.29, 1.82) is 0 Å². The van der Waals surface area contributed by atoms with Crippen molar-refractivity contribution in [2.24, 2.45) is 0 Å². The lowest BCUT2D eigenvalue weighted by atomic mass is 10.0. The van der Waals surface area contributed by atoms with Crippen molar-refractivity contribution in [3.8, 4) is 5.75 Å². The number of hydrogen-bond donors (Lipinski definition) is 3. The third-order valence-corrected chi connectivity index (χ3v) is 2.82. The van der Waals surface area contributed by atoms with Gasteiger partial charge in [-0.3, -0.25) is 0 Å². The normalized spacial score (nSPS) is 13.9. The van der Waals surface area contributed by atoms with Gasteiger partial charge in [0, 0.05) is 38.8 Å². The van der Waals surface area contributed by atoms with Gasteiger partial charge in [0.05, 0.1) is 24.1 Å². The van der Waals surface area contributed by atoms with Crippen LogP contribution >= 0.6 is 0 Å². The summed E-state index contributed by atoms with van der Waals surface area (Å²) in [5.41, 5.74) is 5.07. The average molecular weight is 272 g/mol. The number of halogens is 1. The fourth-order valence-electron chi connectivity index (χ4n) is 1.58. The minimum absolute atomic E-state index is 0.195. The zero-order valence-electron chi connectivity index (χ0n) is 11.5. The highest BCUT2D eigenvalue weighted by Crippen LogP contribution is 2.28. The van der Waals surface area contributed by atoms with E-state index in [2.05, 4.69) is 5.32 Å². The molecule has 0 heterocycles. The van der Waals surface area contributed by atoms with Gasteiger partial charge in [0.15, 0.2) is 0 Å². The maximum atomic E-state index is 13.7. The van der Waals surface area contributed by atoms with Crippen LogP contribution < -0.4 is 15.8 Å². The number of anilines is 2. The average Bonchev–Trinajstić information content (AvgIpc) is 2.35. The van der Waals surface area contributed by atoms with Crippen molar-refractivity contribution in [3.63, 3.8) is 0 Å². The van der Waals surface area contributed by atoms with Gasteiger partial charge in [-0.2, -0.15) is 0 Å². The maximum absolute atomic E-state index is 13.7. The van der Waals surface area contributed by atoms with Crippen molar-refractivity contribution in [1.82, 2.24) is 0 Å². The van der Waals surface area contributed by atoms with Crippen LogP contribution in [0.2, 0.25) is 0 Å². The number of aliphatic hydroxyl groups is 1. The van der Waals surface area contributed by atoms with Crippen LogP contribution in [-0.4, -0.2) is 38.1 Å². The molecule has 0 aliphatic rings. The molecule has 108 valence electrons. The van der Waals surface area contributed by atoms with Gasteiger partial charge >= 0.3 is 0 Å². The molecule has 0 amide bonds. The first-order valence-corrected chi connectivity index (χ1v) is 5.98. The zero-order chi connectivity index (χ0) is 14.5. The van der Waals surface area contributed by atoms with Crippen molar-refractivity contribution >= 4 is 11.4 Å². The lowest BCUT2D eigenvalue weighted by molar-refractivity contribution is 0.0357. The van der Waals surface area contributed by atoms with Crippen LogP contribution in [0.1, 0.15) is 13.3 Å². The van der Waals surface area contributed by atoms with Crippen molar-refractivity contribution < 1.29 is 19.0 Å². The topological polar surface area (TPSA) is 76.7 Å². The van der Waals surface area contributed by atoms with Crippen molar-refractivity contribution in [2.45, 2.75) is 18.9 Å². The Hall–Kier alpha value is -1.53. The van der Waals surface area contributed by atoms with Gasteiger partial charge in [-0.1, -0.05) is 0 Å². The summed E-state index contributed by atoms with van der Waals surface area (Å²) in [6.45, 7) is 2.29. The van der Waals surface area contributed by atoms with E-state index in [0.29, 0.717) is 18.8 Å². The molecule has 1 rings (SSSR count). The van der Waals surface area contributed by atoms with Crippen LogP contribution in [0.4, 0.5) is 15.8 Å². The molecule has 0 radical (unpaired) electrons. The first kappa shape index (κ1) is 15.5. The fourth-order valence-corrected chi connectivity index (χ4v) is 1.58. The summed E-state index contributed by atoms with van der Waals surface area (Å²) >= 11 is 0. The van der Waals surface area contributed by atoms with Gasteiger partial charge in [0.1, 0.15) is 11.6 Å². The molecule has 0 saturated carbocycles. The van der Waals surface area contributed by atoms with E-state index in [-0.39, 0.29) is 17.9 Å². The van der Waals surface area contributed by atoms with Crippen LogP contribution in [0.25, 0.3) is 0 Å². The third kappa shape index (κ3) is 4.57. The minimum atomic E-state index is -0.989. The van der Waals surface area contributed by atoms with E-state index < -0.39 is 11.4 Å². The Labute approximate surface area is 112 Å². The molecule has 0 bridgehead atoms. The van der Waals surface area contributed by atoms with Gasteiger partial charge in [-0.25, -0.2) is 4.39 Å². The highest BCUT2D eigenvalue weighted by Gasteiger charge is 2.20. The molecule has 0 spiro atoms. The Morgan fingerprint density at radius 3 is 2.68 bits per heavy atom. The predicted molar refractivity (Wildman–Crippen MR) is 73.0 cm³/mol. The molecular weight excluding hydrogens is 251 g/mol. The van der Waals surface area contributed by atoms with E-state index in [1.807, 2.05) is 0 Å². The highest BCUT2D eigenvalue weighted by molar-refractivity contribution is 5.62. The van der Waals surface area contributed by atoms with Crippen molar-refractivity contribution in [3.05, 3.63) is 17.9 Å². The van der Waals surface area contributed by atoms with Crippen LogP contribution in [0.5, 0.6) is 5.75 Å². The monoisotopic (exact) mass is 272 g/mol. The number of nitrogen functional groups attached to an aromatic ring is 1. The number of nitrogens with two attached hydrogens (primary N) is 1. The lowest BCUT2D eigenvalue weighted by Gasteiger charge is -2.24. The minimum Gasteiger partial charge on any atom is -0.495 e. The van der Waals surface area contributed by atoms with Gasteiger partial charge in [-0.05, 0) is 6.92 Å². The van der Waals surface area contributed by atoms with Gasteiger partial charge < -0.3 is 25.6 Å². The molecule has 0 aliphatic heterocycles. The highest BCUT2D eigenvalue weighted by atomic mass is 19.1. The molecule has 0 saturated heterocycles. The molecule has 1 aromatic carbocycles. The van der Waals surface area contributed by atoms with Crippen LogP contribution in [0.15, 0.2) is 12.1 Å². The first-order valence-electron chi connectivity index (χ1n) is 5.98. The molecule has 5 nitrogen and oxygen atoms in total. The largest absolute Gasteiger partial charge is 0.495 e. The van der Waals surface area contributed by atoms with E-state index >= 15 is 0 Å². The van der Waals surface area contributed by atoms with E-state index in [1.54, 1.807) is 14.0 Å². The lowest BCUT2D eigenvalue weighted by Crippen LogP contribution is -2.34. The molecule has 19 heavy (non-hydrogen) atoms. The molecular formula is C13H21FN2O3. The second-order valence-electron chi connectivity index (χ2n) is 4.67. The number of ether oxygens (including phenoxy) is 2. The Balaban J connectivity index is 2.72. The molecule has 0 aromatic heterocycles. The summed E-state index contributed by atoms with van der Waals surface area (Å²) in [4.78, 5) is 0. The van der Waals surface area contributed by atoms with Gasteiger partial charge in [0.2, 0.25) is 0 Å². The van der Waals surface area contributed by atoms with E-state index in [1.165, 1.54) is 19.2 Å². The summed E-state index contributed by atoms with van der Waals surface area (Å²) < 4.78 is 23.6. The number of rotatable bonds is 7. The van der Waals surface area contributed by atoms with E-state index in [9.17, 15) is 9.50 Å². The standard InChI is InChI=1S/C13H21FN2O3/c1-13(17,4-5-18-2)8-16-11-7-12(19-3)10(15)6-9(11)14/h6-7,16-17H,4-5,8,15H2,1-3H3. The molecule has 1 unspecified atom stereocenters. The summed E-state index contributed by atoms with van der Waals surface area (Å²) in [5.74, 6) is -0.0960. The maximum Gasteiger partial charge on any atom is 0.148 e. The summed E-state index contributed by atoms with van der Waals surface area (Å²) in [7, 11) is 3.02. The Bertz CT molecular complexity index is 425. The molecule has 0 aliphatic carbocycles. The fraction of sp³-hybridized carbons (Fsp3) is 0.538. The Kier molecular flexibility index (Phi) is 5.38. The summed E-state index contributed by atoms with van der Waals surface area (Å²) in [6, 6.07) is 2.65. The second-order valence-corrected chi connectivity index (χ2v) is 4.67. The molecule has 1 atom stereocenters. The number of hydrogen-bond acceptors (Lipinski definition) is 5. The Morgan fingerprint density at radius 1 is 1.42 bits per heavy atom. The SMILES string of the molecule is COCCC(C)(O)CNc1cc(OC)c(N)cc1F. The van der Waals surface area contributed by atoms with Crippen LogP contribution in [0, 0.1) is 5.82 Å². The molecule has 0 fully saturated rings. The van der Waals surface area contributed by atoms with E-state index in [0.717, 1.165) is 0 Å². The van der Waals surface area contributed by atoms with E-state index in [4.69, 9.17) is 15.2 Å². The number of methoxy groups -OCH3 is 2. The molecule has 1 aromatic rings. The molecule has 6 heteroatoms. The van der Waals surface area contributed by atoms with Crippen LogP contribution in [0.3, 0.4) is 0 Å². The predicted octanol–water partition coefficient (Wildman–Crippen LogP) is 1.62. The Morgan fingerprint density at radius 2 is 2.11 bits per heavy atom. The number of benzene rings is 1. The third-order valence-electron chi connectivity index (χ3n) is 2.82. The van der Waals surface area contributed by atoms with Gasteiger partial charge in [-0.15, -0.1) is 0 Å². The smallest absolute Gasteiger partial charge is 0.148 e. The van der Waals surface area contributed by atoms with Crippen LogP contribution in [-0.2, 0) is 4.74 Å². The van der Waals surface area contributed by atoms with Gasteiger partial charge in [0.25, 0.3) is 0 Å². The quantitative estimate of drug-likeness (QED) is 0.657. The zero-order valence-corrected chi connectivity index (χ0v) is 11.5. The number of nitrogens with one attached hydrogen (secondary N) is 1. The second kappa shape index (κ2) is 6.58. The first-order chi connectivity index (χ1) is 8.89. The van der Waals surface area contributed by atoms with Crippen molar-refractivity contribution in [2.75, 3.05) is 38.4 Å². The summed E-state index contributed by atoms with van der Waals surface area (Å²) in [6.07, 6.45) is 0.449. The molecule has 4 N–H and O–H groups in total.